The van der Waals surface area contributed by atoms with Gasteiger partial charge < -0.3 is 0 Å². The number of benzene rings is 2. The van der Waals surface area contributed by atoms with Crippen LogP contribution in [0.2, 0.25) is 5.02 Å². The first-order valence-electron chi connectivity index (χ1n) is 5.61. The second kappa shape index (κ2) is 6.25. The number of rotatable bonds is 3. The van der Waals surface area contributed by atoms with Gasteiger partial charge in [0.15, 0.2) is 0 Å². The lowest BCUT2D eigenvalue weighted by molar-refractivity contribution is 0.0951. The average molecular weight is 295 g/mol. The van der Waals surface area contributed by atoms with Gasteiger partial charge in [-0.05, 0) is 24.3 Å². The summed E-state index contributed by atoms with van der Waals surface area (Å²) in [5.41, 5.74) is 2.00. The maximum Gasteiger partial charge on any atom is 0.274 e. The molecule has 2 rings (SSSR count). The molecule has 0 bridgehead atoms. The highest BCUT2D eigenvalue weighted by molar-refractivity contribution is 6.33. The van der Waals surface area contributed by atoms with E-state index in [1.807, 2.05) is 0 Å². The minimum atomic E-state index is -0.730. The first-order valence-corrected chi connectivity index (χ1v) is 5.99. The van der Waals surface area contributed by atoms with Crippen LogP contribution in [0.15, 0.2) is 47.6 Å². The van der Waals surface area contributed by atoms with Gasteiger partial charge in [0.2, 0.25) is 0 Å². The summed E-state index contributed by atoms with van der Waals surface area (Å²) in [6.45, 7) is 0. The highest BCUT2D eigenvalue weighted by Crippen LogP contribution is 2.16. The summed E-state index contributed by atoms with van der Waals surface area (Å²) < 4.78 is 26.7. The monoisotopic (exact) mass is 294 g/mol. The van der Waals surface area contributed by atoms with Crippen molar-refractivity contribution in [1.29, 1.82) is 0 Å². The summed E-state index contributed by atoms with van der Waals surface area (Å²) in [6, 6.07) is 9.62. The number of hydrogen-bond acceptors (Lipinski definition) is 2. The topological polar surface area (TPSA) is 41.5 Å². The predicted molar refractivity (Wildman–Crippen MR) is 72.9 cm³/mol. The zero-order valence-corrected chi connectivity index (χ0v) is 10.9. The first kappa shape index (κ1) is 14.1. The lowest BCUT2D eigenvalue weighted by atomic mass is 10.2. The average Bonchev–Trinajstić information content (AvgIpc) is 2.42. The molecular weight excluding hydrogens is 286 g/mol. The number of nitrogens with zero attached hydrogens (tertiary/aromatic N) is 1. The Morgan fingerprint density at radius 1 is 1.10 bits per heavy atom. The summed E-state index contributed by atoms with van der Waals surface area (Å²) in [4.78, 5) is 11.6. The molecule has 0 unspecified atom stereocenters. The molecule has 0 spiro atoms. The summed E-state index contributed by atoms with van der Waals surface area (Å²) in [5.74, 6) is -1.96. The van der Waals surface area contributed by atoms with Gasteiger partial charge in [0, 0.05) is 5.56 Å². The van der Waals surface area contributed by atoms with Crippen LogP contribution in [0.1, 0.15) is 15.9 Å². The van der Waals surface area contributed by atoms with E-state index >= 15 is 0 Å². The summed E-state index contributed by atoms with van der Waals surface area (Å²) in [7, 11) is 0. The summed E-state index contributed by atoms with van der Waals surface area (Å²) in [5, 5.41) is 3.73. The van der Waals surface area contributed by atoms with Gasteiger partial charge in [0.25, 0.3) is 5.91 Å². The molecule has 0 heterocycles. The van der Waals surface area contributed by atoms with Crippen LogP contribution in [0.3, 0.4) is 0 Å². The zero-order chi connectivity index (χ0) is 14.5. The molecule has 2 aromatic rings. The molecule has 0 aliphatic rings. The molecule has 0 radical (unpaired) electrons. The van der Waals surface area contributed by atoms with E-state index in [0.29, 0.717) is 0 Å². The van der Waals surface area contributed by atoms with Crippen molar-refractivity contribution in [3.63, 3.8) is 0 Å². The summed E-state index contributed by atoms with van der Waals surface area (Å²) in [6.07, 6.45) is 1.07. The molecular formula is C14H9ClF2N2O. The molecule has 0 aliphatic carbocycles. The molecule has 2 aromatic carbocycles. The Bertz CT molecular complexity index is 654. The number of carbonyl (C=O) groups excluding carboxylic acids is 1. The van der Waals surface area contributed by atoms with Crippen molar-refractivity contribution < 1.29 is 13.6 Å². The minimum absolute atomic E-state index is 0.0444. The molecule has 1 amide bonds. The van der Waals surface area contributed by atoms with Crippen LogP contribution in [0.4, 0.5) is 8.78 Å². The van der Waals surface area contributed by atoms with Crippen molar-refractivity contribution in [2.24, 2.45) is 5.10 Å². The van der Waals surface area contributed by atoms with E-state index in [4.69, 9.17) is 11.6 Å². The van der Waals surface area contributed by atoms with Crippen LogP contribution >= 0.6 is 11.6 Å². The molecule has 0 aromatic heterocycles. The first-order chi connectivity index (χ1) is 9.59. The third-order valence-corrected chi connectivity index (χ3v) is 2.81. The third kappa shape index (κ3) is 3.19. The molecule has 0 aliphatic heterocycles. The van der Waals surface area contributed by atoms with E-state index in [0.717, 1.165) is 12.3 Å². The highest BCUT2D eigenvalue weighted by Gasteiger charge is 2.09. The van der Waals surface area contributed by atoms with E-state index < -0.39 is 17.5 Å². The van der Waals surface area contributed by atoms with Crippen molar-refractivity contribution in [3.05, 3.63) is 70.2 Å². The van der Waals surface area contributed by atoms with Crippen molar-refractivity contribution in [3.8, 4) is 0 Å². The second-order valence-corrected chi connectivity index (χ2v) is 4.22. The molecule has 0 saturated heterocycles. The number of hydrogen-bond donors (Lipinski definition) is 1. The van der Waals surface area contributed by atoms with Crippen molar-refractivity contribution in [2.75, 3.05) is 0 Å². The number of nitrogens with one attached hydrogen (secondary N) is 1. The fraction of sp³-hybridized carbons (Fsp3) is 0. The van der Waals surface area contributed by atoms with Crippen LogP contribution in [0, 0.1) is 11.6 Å². The summed E-state index contributed by atoms with van der Waals surface area (Å²) >= 11 is 5.78. The molecule has 0 atom stereocenters. The van der Waals surface area contributed by atoms with E-state index in [2.05, 4.69) is 10.5 Å². The zero-order valence-electron chi connectivity index (χ0n) is 10.1. The number of carbonyl (C=O) groups is 1. The van der Waals surface area contributed by atoms with Gasteiger partial charge in [-0.3, -0.25) is 4.79 Å². The van der Waals surface area contributed by atoms with Gasteiger partial charge in [-0.15, -0.1) is 0 Å². The van der Waals surface area contributed by atoms with E-state index in [9.17, 15) is 13.6 Å². The molecule has 0 fully saturated rings. The Balaban J connectivity index is 2.11. The van der Waals surface area contributed by atoms with Gasteiger partial charge in [0.1, 0.15) is 11.6 Å². The molecule has 20 heavy (non-hydrogen) atoms. The van der Waals surface area contributed by atoms with Crippen molar-refractivity contribution >= 4 is 23.7 Å². The maximum atomic E-state index is 13.4. The van der Waals surface area contributed by atoms with Crippen molar-refractivity contribution in [1.82, 2.24) is 5.43 Å². The molecule has 1 N–H and O–H groups in total. The lowest BCUT2D eigenvalue weighted by Gasteiger charge is -2.02. The van der Waals surface area contributed by atoms with E-state index in [1.54, 1.807) is 0 Å². The lowest BCUT2D eigenvalue weighted by Crippen LogP contribution is -2.19. The molecule has 3 nitrogen and oxygen atoms in total. The fourth-order valence-electron chi connectivity index (χ4n) is 1.50. The van der Waals surface area contributed by atoms with E-state index in [-0.39, 0.29) is 16.1 Å². The Kier molecular flexibility index (Phi) is 4.42. The predicted octanol–water partition coefficient (Wildman–Crippen LogP) is 3.38. The largest absolute Gasteiger partial charge is 0.274 e. The van der Waals surface area contributed by atoms with Crippen LogP contribution < -0.4 is 5.43 Å². The maximum absolute atomic E-state index is 13.4. The molecule has 6 heteroatoms. The van der Waals surface area contributed by atoms with Gasteiger partial charge >= 0.3 is 0 Å². The third-order valence-electron chi connectivity index (χ3n) is 2.48. The van der Waals surface area contributed by atoms with Crippen LogP contribution in [0.5, 0.6) is 0 Å². The number of halogens is 3. The van der Waals surface area contributed by atoms with Crippen molar-refractivity contribution in [2.45, 2.75) is 0 Å². The van der Waals surface area contributed by atoms with Gasteiger partial charge in [0.05, 0.1) is 16.8 Å². The highest BCUT2D eigenvalue weighted by atomic mass is 35.5. The van der Waals surface area contributed by atoms with Gasteiger partial charge in [-0.25, -0.2) is 14.2 Å². The van der Waals surface area contributed by atoms with Crippen LogP contribution in [-0.2, 0) is 0 Å². The molecule has 0 saturated carbocycles. The number of amides is 1. The Hall–Kier alpha value is -2.27. The smallest absolute Gasteiger partial charge is 0.267 e. The normalized spacial score (nSPS) is 10.8. The Morgan fingerprint density at radius 2 is 1.80 bits per heavy atom. The second-order valence-electron chi connectivity index (χ2n) is 3.81. The SMILES string of the molecule is O=C(NN=Cc1c(F)cccc1Cl)c1ccccc1F. The Labute approximate surface area is 118 Å². The van der Waals surface area contributed by atoms with E-state index in [1.165, 1.54) is 36.4 Å². The van der Waals surface area contributed by atoms with Gasteiger partial charge in [-0.1, -0.05) is 29.8 Å². The fourth-order valence-corrected chi connectivity index (χ4v) is 1.71. The van der Waals surface area contributed by atoms with Crippen LogP contribution in [0.25, 0.3) is 0 Å². The minimum Gasteiger partial charge on any atom is -0.267 e. The standard InChI is InChI=1S/C14H9ClF2N2O/c15-11-5-3-7-13(17)10(11)8-18-19-14(20)9-4-1-2-6-12(9)16/h1-8H,(H,19,20). The quantitative estimate of drug-likeness (QED) is 0.684. The van der Waals surface area contributed by atoms with Gasteiger partial charge in [-0.2, -0.15) is 5.10 Å². The number of hydrazone groups is 1. The molecule has 102 valence electrons. The van der Waals surface area contributed by atoms with Crippen LogP contribution in [-0.4, -0.2) is 12.1 Å². The Morgan fingerprint density at radius 3 is 2.50 bits per heavy atom.